The molecule has 2 N–H and O–H groups in total. The Kier molecular flexibility index (Phi) is 7.01. The lowest BCUT2D eigenvalue weighted by Gasteiger charge is -2.13. The van der Waals surface area contributed by atoms with Crippen LogP contribution in [0.2, 0.25) is 0 Å². The van der Waals surface area contributed by atoms with E-state index in [1.807, 2.05) is 0 Å². The van der Waals surface area contributed by atoms with Crippen LogP contribution in [0.4, 0.5) is 0 Å². The van der Waals surface area contributed by atoms with E-state index < -0.39 is 6.10 Å². The Morgan fingerprint density at radius 2 is 2.29 bits per heavy atom. The summed E-state index contributed by atoms with van der Waals surface area (Å²) in [5.74, 6) is -0.176. The molecule has 0 aliphatic heterocycles. The monoisotopic (exact) mass is 312 g/mol. The van der Waals surface area contributed by atoms with Crippen LogP contribution in [0.25, 0.3) is 6.08 Å². The van der Waals surface area contributed by atoms with Gasteiger partial charge in [0.2, 0.25) is 5.91 Å². The smallest absolute Gasteiger partial charge is 0.244 e. The molecular weight excluding hydrogens is 288 g/mol. The van der Waals surface area contributed by atoms with Crippen LogP contribution in [0.3, 0.4) is 0 Å². The van der Waals surface area contributed by atoms with E-state index in [0.29, 0.717) is 13.0 Å². The summed E-state index contributed by atoms with van der Waals surface area (Å²) >= 11 is 1.58. The van der Waals surface area contributed by atoms with E-state index in [0.717, 1.165) is 9.88 Å². The van der Waals surface area contributed by atoms with Crippen LogP contribution in [0.15, 0.2) is 12.3 Å². The lowest BCUT2D eigenvalue weighted by molar-refractivity contribution is -0.116. The number of carbonyl (C=O) groups is 1. The zero-order valence-electron chi connectivity index (χ0n) is 13.0. The molecule has 21 heavy (non-hydrogen) atoms. The fraction of sp³-hybridized carbons (Fsp3) is 0.600. The second-order valence-corrected chi connectivity index (χ2v) is 6.90. The second-order valence-electron chi connectivity index (χ2n) is 5.84. The third-order valence-electron chi connectivity index (χ3n) is 2.70. The van der Waals surface area contributed by atoms with Gasteiger partial charge >= 0.3 is 0 Å². The summed E-state index contributed by atoms with van der Waals surface area (Å²) in [5, 5.41) is 13.2. The highest BCUT2D eigenvalue weighted by atomic mass is 32.1. The van der Waals surface area contributed by atoms with E-state index in [-0.39, 0.29) is 17.9 Å². The van der Waals surface area contributed by atoms with E-state index in [2.05, 4.69) is 31.1 Å². The molecule has 0 fully saturated rings. The molecule has 5 nitrogen and oxygen atoms in total. The molecule has 1 aromatic rings. The maximum Gasteiger partial charge on any atom is 0.244 e. The molecule has 0 aliphatic carbocycles. The van der Waals surface area contributed by atoms with Crippen LogP contribution in [0.1, 0.15) is 37.1 Å². The van der Waals surface area contributed by atoms with Crippen molar-refractivity contribution in [1.82, 2.24) is 10.3 Å². The molecule has 0 aromatic carbocycles. The average Bonchev–Trinajstić information content (AvgIpc) is 2.85. The van der Waals surface area contributed by atoms with Crippen molar-refractivity contribution in [1.29, 1.82) is 0 Å². The Labute approximate surface area is 130 Å². The fourth-order valence-corrected chi connectivity index (χ4v) is 2.44. The van der Waals surface area contributed by atoms with Crippen molar-refractivity contribution in [3.8, 4) is 0 Å². The summed E-state index contributed by atoms with van der Waals surface area (Å²) in [6, 6.07) is 0. The number of hydrogen-bond donors (Lipinski definition) is 2. The fourth-order valence-electron chi connectivity index (χ4n) is 1.56. The molecule has 1 heterocycles. The van der Waals surface area contributed by atoms with Crippen molar-refractivity contribution >= 4 is 23.3 Å². The summed E-state index contributed by atoms with van der Waals surface area (Å²) in [6.45, 7) is 7.03. The average molecular weight is 312 g/mol. The van der Waals surface area contributed by atoms with Crippen LogP contribution in [0.5, 0.6) is 0 Å². The summed E-state index contributed by atoms with van der Waals surface area (Å²) < 4.78 is 4.81. The van der Waals surface area contributed by atoms with E-state index in [4.69, 9.17) is 4.74 Å². The molecule has 0 aliphatic rings. The second kappa shape index (κ2) is 8.26. The molecule has 1 amide bonds. The van der Waals surface area contributed by atoms with Crippen LogP contribution in [0, 0.1) is 0 Å². The van der Waals surface area contributed by atoms with E-state index >= 15 is 0 Å². The van der Waals surface area contributed by atoms with E-state index in [9.17, 15) is 9.90 Å². The van der Waals surface area contributed by atoms with Gasteiger partial charge in [-0.2, -0.15) is 0 Å². The normalized spacial score (nSPS) is 13.6. The largest absolute Gasteiger partial charge is 0.391 e. The molecule has 0 radical (unpaired) electrons. The van der Waals surface area contributed by atoms with Gasteiger partial charge in [0, 0.05) is 36.2 Å². The first-order chi connectivity index (χ1) is 9.82. The lowest BCUT2D eigenvalue weighted by Crippen LogP contribution is -2.27. The van der Waals surface area contributed by atoms with Crippen molar-refractivity contribution < 1.29 is 14.6 Å². The number of aliphatic hydroxyl groups is 1. The molecule has 0 saturated heterocycles. The number of thiazole rings is 1. The third-order valence-corrected chi connectivity index (χ3v) is 4.09. The minimum Gasteiger partial charge on any atom is -0.391 e. The van der Waals surface area contributed by atoms with Crippen molar-refractivity contribution in [2.24, 2.45) is 0 Å². The number of nitrogens with one attached hydrogen (secondary N) is 1. The molecule has 1 rings (SSSR count). The van der Waals surface area contributed by atoms with Gasteiger partial charge in [0.25, 0.3) is 0 Å². The number of rotatable bonds is 7. The van der Waals surface area contributed by atoms with Gasteiger partial charge in [-0.3, -0.25) is 4.79 Å². The number of aromatic nitrogens is 1. The highest BCUT2D eigenvalue weighted by molar-refractivity contribution is 7.12. The summed E-state index contributed by atoms with van der Waals surface area (Å²) in [4.78, 5) is 16.9. The molecule has 1 atom stereocenters. The van der Waals surface area contributed by atoms with Gasteiger partial charge in [-0.15, -0.1) is 11.3 Å². The quantitative estimate of drug-likeness (QED) is 0.755. The highest BCUT2D eigenvalue weighted by Crippen LogP contribution is 2.27. The zero-order chi connectivity index (χ0) is 15.9. The molecular formula is C15H24N2O3S. The lowest BCUT2D eigenvalue weighted by atomic mass is 9.98. The molecule has 6 heteroatoms. The Balaban J connectivity index is 2.39. The van der Waals surface area contributed by atoms with Gasteiger partial charge in [0.15, 0.2) is 0 Å². The number of nitrogens with zero attached hydrogens (tertiary/aromatic N) is 1. The summed E-state index contributed by atoms with van der Waals surface area (Å²) in [5.41, 5.74) is 0.0243. The van der Waals surface area contributed by atoms with Crippen molar-refractivity contribution in [2.75, 3.05) is 20.3 Å². The van der Waals surface area contributed by atoms with Crippen LogP contribution < -0.4 is 5.32 Å². The van der Waals surface area contributed by atoms with Gasteiger partial charge in [0.05, 0.1) is 17.7 Å². The number of ether oxygens (including phenoxy) is 1. The van der Waals surface area contributed by atoms with Crippen LogP contribution in [-0.4, -0.2) is 42.4 Å². The minimum atomic E-state index is -0.546. The Hall–Kier alpha value is -1.24. The van der Waals surface area contributed by atoms with Crippen LogP contribution in [-0.2, 0) is 14.9 Å². The molecule has 0 saturated carbocycles. The maximum absolute atomic E-state index is 11.6. The first kappa shape index (κ1) is 17.8. The maximum atomic E-state index is 11.6. The van der Waals surface area contributed by atoms with Gasteiger partial charge in [-0.1, -0.05) is 20.8 Å². The molecule has 0 spiro atoms. The molecule has 1 unspecified atom stereocenters. The summed E-state index contributed by atoms with van der Waals surface area (Å²) in [7, 11) is 1.53. The number of aliphatic hydroxyl groups excluding tert-OH is 1. The molecule has 118 valence electrons. The van der Waals surface area contributed by atoms with Crippen LogP contribution >= 0.6 is 11.3 Å². The van der Waals surface area contributed by atoms with Crippen molar-refractivity contribution in [2.45, 2.75) is 38.7 Å². The highest BCUT2D eigenvalue weighted by Gasteiger charge is 2.17. The number of methoxy groups -OCH3 is 1. The summed E-state index contributed by atoms with van der Waals surface area (Å²) in [6.07, 6.45) is 4.95. The van der Waals surface area contributed by atoms with Gasteiger partial charge in [-0.05, 0) is 12.5 Å². The molecule has 1 aromatic heterocycles. The first-order valence-corrected chi connectivity index (χ1v) is 7.74. The standard InChI is InChI=1S/C15H24N2O3S/c1-15(2,3)14-17-9-12(21-14)5-6-13(19)16-8-7-11(18)10-20-4/h5-6,9,11,18H,7-8,10H2,1-4H3,(H,16,19)/b6-5+. The van der Waals surface area contributed by atoms with E-state index in [1.165, 1.54) is 13.2 Å². The Morgan fingerprint density at radius 3 is 2.86 bits per heavy atom. The third kappa shape index (κ3) is 6.84. The van der Waals surface area contributed by atoms with Crippen molar-refractivity contribution in [3.05, 3.63) is 22.2 Å². The van der Waals surface area contributed by atoms with Gasteiger partial charge in [0.1, 0.15) is 0 Å². The predicted molar refractivity (Wildman–Crippen MR) is 85.4 cm³/mol. The van der Waals surface area contributed by atoms with Gasteiger partial charge < -0.3 is 15.2 Å². The van der Waals surface area contributed by atoms with E-state index in [1.54, 1.807) is 23.6 Å². The van der Waals surface area contributed by atoms with Crippen molar-refractivity contribution in [3.63, 3.8) is 0 Å². The Morgan fingerprint density at radius 1 is 1.57 bits per heavy atom. The first-order valence-electron chi connectivity index (χ1n) is 6.92. The zero-order valence-corrected chi connectivity index (χ0v) is 13.9. The number of amides is 1. The SMILES string of the molecule is COCC(O)CCNC(=O)/C=C/c1cnc(C(C)(C)C)s1. The number of hydrogen-bond acceptors (Lipinski definition) is 5. The van der Waals surface area contributed by atoms with Gasteiger partial charge in [-0.25, -0.2) is 4.98 Å². The molecule has 0 bridgehead atoms. The predicted octanol–water partition coefficient (Wildman–Crippen LogP) is 1.97. The minimum absolute atomic E-state index is 0.0243. The number of carbonyl (C=O) groups excluding carboxylic acids is 1. The Bertz CT molecular complexity index is 478. The topological polar surface area (TPSA) is 71.5 Å².